The van der Waals surface area contributed by atoms with Crippen molar-refractivity contribution < 1.29 is 9.53 Å². The molecule has 0 atom stereocenters. The van der Waals surface area contributed by atoms with Crippen LogP contribution in [-0.4, -0.2) is 48.1 Å². The number of piperidine rings is 1. The number of nitrogens with zero attached hydrogens (tertiary/aromatic N) is 2. The standard InChI is InChI=1S/C14H20ClN3O2/c1-2-20-13(19)10-18-8-5-11(6-9-18)17-12-4-3-7-16-14(12)15/h3-4,7,11,17H,2,5-6,8-10H2,1H3. The van der Waals surface area contributed by atoms with E-state index in [1.807, 2.05) is 19.1 Å². The molecule has 5 nitrogen and oxygen atoms in total. The average molecular weight is 298 g/mol. The van der Waals surface area contributed by atoms with Crippen molar-refractivity contribution in [2.45, 2.75) is 25.8 Å². The molecule has 0 unspecified atom stereocenters. The highest BCUT2D eigenvalue weighted by molar-refractivity contribution is 6.31. The maximum absolute atomic E-state index is 11.4. The molecule has 1 saturated heterocycles. The molecule has 0 saturated carbocycles. The minimum Gasteiger partial charge on any atom is -0.465 e. The number of hydrogen-bond acceptors (Lipinski definition) is 5. The van der Waals surface area contributed by atoms with Crippen LogP contribution in [0.1, 0.15) is 19.8 Å². The summed E-state index contributed by atoms with van der Waals surface area (Å²) in [6, 6.07) is 4.17. The van der Waals surface area contributed by atoms with Crippen LogP contribution in [0.5, 0.6) is 0 Å². The second kappa shape index (κ2) is 7.45. The van der Waals surface area contributed by atoms with Crippen LogP contribution < -0.4 is 5.32 Å². The van der Waals surface area contributed by atoms with Crippen LogP contribution in [0.2, 0.25) is 5.15 Å². The minimum atomic E-state index is -0.144. The highest BCUT2D eigenvalue weighted by atomic mass is 35.5. The normalized spacial score (nSPS) is 16.9. The first-order valence-electron chi connectivity index (χ1n) is 6.94. The van der Waals surface area contributed by atoms with Gasteiger partial charge in [-0.1, -0.05) is 11.6 Å². The number of aromatic nitrogens is 1. The predicted molar refractivity (Wildman–Crippen MR) is 79.0 cm³/mol. The lowest BCUT2D eigenvalue weighted by atomic mass is 10.0. The molecule has 1 aromatic rings. The number of esters is 1. The average Bonchev–Trinajstić information content (AvgIpc) is 2.44. The van der Waals surface area contributed by atoms with Gasteiger partial charge in [-0.2, -0.15) is 0 Å². The minimum absolute atomic E-state index is 0.144. The molecular formula is C14H20ClN3O2. The third-order valence-electron chi connectivity index (χ3n) is 3.36. The number of pyridine rings is 1. The fraction of sp³-hybridized carbons (Fsp3) is 0.571. The largest absolute Gasteiger partial charge is 0.465 e. The third-order valence-corrected chi connectivity index (χ3v) is 3.67. The summed E-state index contributed by atoms with van der Waals surface area (Å²) in [5.41, 5.74) is 0.873. The Morgan fingerprint density at radius 2 is 2.30 bits per heavy atom. The van der Waals surface area contributed by atoms with Crippen molar-refractivity contribution in [1.82, 2.24) is 9.88 Å². The van der Waals surface area contributed by atoms with Gasteiger partial charge in [0.25, 0.3) is 0 Å². The molecule has 110 valence electrons. The smallest absolute Gasteiger partial charge is 0.320 e. The highest BCUT2D eigenvalue weighted by Gasteiger charge is 2.21. The second-order valence-corrected chi connectivity index (χ2v) is 5.20. The molecule has 2 heterocycles. The number of halogens is 1. The van der Waals surface area contributed by atoms with Crippen molar-refractivity contribution in [3.63, 3.8) is 0 Å². The fourth-order valence-corrected chi connectivity index (χ4v) is 2.51. The van der Waals surface area contributed by atoms with Crippen LogP contribution in [0.4, 0.5) is 5.69 Å². The molecule has 1 aromatic heterocycles. The zero-order valence-corrected chi connectivity index (χ0v) is 12.4. The van der Waals surface area contributed by atoms with E-state index in [0.29, 0.717) is 24.3 Å². The van der Waals surface area contributed by atoms with E-state index in [1.54, 1.807) is 6.20 Å². The van der Waals surface area contributed by atoms with Crippen LogP contribution >= 0.6 is 11.6 Å². The van der Waals surface area contributed by atoms with Gasteiger partial charge in [-0.25, -0.2) is 4.98 Å². The van der Waals surface area contributed by atoms with Gasteiger partial charge in [0.2, 0.25) is 0 Å². The quantitative estimate of drug-likeness (QED) is 0.667. The molecule has 0 radical (unpaired) electrons. The number of anilines is 1. The van der Waals surface area contributed by atoms with E-state index >= 15 is 0 Å². The van der Waals surface area contributed by atoms with E-state index in [0.717, 1.165) is 31.6 Å². The van der Waals surface area contributed by atoms with Crippen molar-refractivity contribution in [3.05, 3.63) is 23.5 Å². The molecule has 6 heteroatoms. The summed E-state index contributed by atoms with van der Waals surface area (Å²) in [6.45, 7) is 4.42. The molecule has 0 spiro atoms. The van der Waals surface area contributed by atoms with Crippen LogP contribution in [0.3, 0.4) is 0 Å². The number of rotatable bonds is 5. The van der Waals surface area contributed by atoms with Crippen LogP contribution in [0, 0.1) is 0 Å². The van der Waals surface area contributed by atoms with Gasteiger partial charge in [0.1, 0.15) is 0 Å². The van der Waals surface area contributed by atoms with Crippen LogP contribution in [0.15, 0.2) is 18.3 Å². The first-order chi connectivity index (χ1) is 9.69. The Morgan fingerprint density at radius 1 is 1.55 bits per heavy atom. The molecule has 20 heavy (non-hydrogen) atoms. The van der Waals surface area contributed by atoms with Crippen molar-refractivity contribution >= 4 is 23.3 Å². The molecule has 1 fully saturated rings. The SMILES string of the molecule is CCOC(=O)CN1CCC(Nc2cccnc2Cl)CC1. The lowest BCUT2D eigenvalue weighted by Gasteiger charge is -2.32. The number of carbonyl (C=O) groups is 1. The van der Waals surface area contributed by atoms with Gasteiger partial charge in [0, 0.05) is 25.3 Å². The molecule has 1 aliphatic rings. The summed E-state index contributed by atoms with van der Waals surface area (Å²) in [4.78, 5) is 17.6. The van der Waals surface area contributed by atoms with E-state index in [4.69, 9.17) is 16.3 Å². The van der Waals surface area contributed by atoms with Gasteiger partial charge < -0.3 is 10.1 Å². The van der Waals surface area contributed by atoms with Gasteiger partial charge in [0.15, 0.2) is 5.15 Å². The number of likely N-dealkylation sites (tertiary alicyclic amines) is 1. The van der Waals surface area contributed by atoms with Crippen molar-refractivity contribution in [2.24, 2.45) is 0 Å². The molecule has 0 amide bonds. The monoisotopic (exact) mass is 297 g/mol. The summed E-state index contributed by atoms with van der Waals surface area (Å²) >= 11 is 6.03. The van der Waals surface area contributed by atoms with Gasteiger partial charge in [-0.05, 0) is 31.9 Å². The third kappa shape index (κ3) is 4.35. The Kier molecular flexibility index (Phi) is 5.61. The summed E-state index contributed by atoms with van der Waals surface area (Å²) in [7, 11) is 0. The van der Waals surface area contributed by atoms with Crippen molar-refractivity contribution in [3.8, 4) is 0 Å². The Morgan fingerprint density at radius 3 is 2.95 bits per heavy atom. The predicted octanol–water partition coefficient (Wildman–Crippen LogP) is 2.17. The second-order valence-electron chi connectivity index (χ2n) is 4.84. The summed E-state index contributed by atoms with van der Waals surface area (Å²) in [6.07, 6.45) is 3.63. The van der Waals surface area contributed by atoms with E-state index in [-0.39, 0.29) is 5.97 Å². The Bertz CT molecular complexity index is 448. The van der Waals surface area contributed by atoms with Crippen molar-refractivity contribution in [2.75, 3.05) is 31.6 Å². The number of nitrogens with one attached hydrogen (secondary N) is 1. The number of hydrogen-bond donors (Lipinski definition) is 1. The van der Waals surface area contributed by atoms with E-state index in [2.05, 4.69) is 15.2 Å². The summed E-state index contributed by atoms with van der Waals surface area (Å²) in [5, 5.41) is 3.91. The Labute approximate surface area is 124 Å². The molecule has 1 aliphatic heterocycles. The highest BCUT2D eigenvalue weighted by Crippen LogP contribution is 2.21. The molecule has 0 bridgehead atoms. The van der Waals surface area contributed by atoms with Gasteiger partial charge in [-0.3, -0.25) is 9.69 Å². The lowest BCUT2D eigenvalue weighted by Crippen LogP contribution is -2.41. The maximum Gasteiger partial charge on any atom is 0.320 e. The molecule has 2 rings (SSSR count). The lowest BCUT2D eigenvalue weighted by molar-refractivity contribution is -0.144. The number of ether oxygens (including phenoxy) is 1. The Balaban J connectivity index is 1.77. The molecule has 0 aliphatic carbocycles. The maximum atomic E-state index is 11.4. The summed E-state index contributed by atoms with van der Waals surface area (Å²) < 4.78 is 4.96. The van der Waals surface area contributed by atoms with Crippen molar-refractivity contribution in [1.29, 1.82) is 0 Å². The molecule has 1 N–H and O–H groups in total. The molecular weight excluding hydrogens is 278 g/mol. The van der Waals surface area contributed by atoms with Crippen LogP contribution in [-0.2, 0) is 9.53 Å². The first kappa shape index (κ1) is 15.1. The fourth-order valence-electron chi connectivity index (χ4n) is 2.34. The topological polar surface area (TPSA) is 54.5 Å². The number of carbonyl (C=O) groups excluding carboxylic acids is 1. The van der Waals surface area contributed by atoms with Gasteiger partial charge in [-0.15, -0.1) is 0 Å². The first-order valence-corrected chi connectivity index (χ1v) is 7.32. The zero-order chi connectivity index (χ0) is 14.4. The van der Waals surface area contributed by atoms with Crippen LogP contribution in [0.25, 0.3) is 0 Å². The van der Waals surface area contributed by atoms with E-state index in [9.17, 15) is 4.79 Å². The van der Waals surface area contributed by atoms with E-state index in [1.165, 1.54) is 0 Å². The summed E-state index contributed by atoms with van der Waals surface area (Å²) in [5.74, 6) is -0.144. The Hall–Kier alpha value is -1.33. The molecule has 0 aromatic carbocycles. The van der Waals surface area contributed by atoms with E-state index < -0.39 is 0 Å². The zero-order valence-electron chi connectivity index (χ0n) is 11.6. The van der Waals surface area contributed by atoms with Gasteiger partial charge >= 0.3 is 5.97 Å². The van der Waals surface area contributed by atoms with Gasteiger partial charge in [0.05, 0.1) is 18.8 Å².